The molecule has 0 unspecified atom stereocenters. The fourth-order valence-electron chi connectivity index (χ4n) is 1.93. The van der Waals surface area contributed by atoms with Crippen LogP contribution in [-0.4, -0.2) is 40.8 Å². The van der Waals surface area contributed by atoms with E-state index in [1.807, 2.05) is 6.92 Å². The van der Waals surface area contributed by atoms with Gasteiger partial charge in [-0.05, 0) is 37.6 Å². The van der Waals surface area contributed by atoms with Crippen molar-refractivity contribution >= 4 is 21.6 Å². The van der Waals surface area contributed by atoms with Gasteiger partial charge in [-0.15, -0.1) is 0 Å². The number of benzene rings is 1. The van der Waals surface area contributed by atoms with E-state index >= 15 is 0 Å². The summed E-state index contributed by atoms with van der Waals surface area (Å²) in [4.78, 5) is 0.176. The first-order valence-electron chi connectivity index (χ1n) is 6.57. The van der Waals surface area contributed by atoms with Gasteiger partial charge in [0.15, 0.2) is 0 Å². The highest BCUT2D eigenvalue weighted by Crippen LogP contribution is 2.19. The molecule has 7 heteroatoms. The second-order valence-corrected chi connectivity index (χ2v) is 6.99. The van der Waals surface area contributed by atoms with Crippen LogP contribution in [0.15, 0.2) is 23.1 Å². The van der Waals surface area contributed by atoms with Gasteiger partial charge in [0, 0.05) is 24.7 Å². The first-order chi connectivity index (χ1) is 9.49. The van der Waals surface area contributed by atoms with Crippen molar-refractivity contribution in [1.29, 1.82) is 0 Å². The Kier molecular flexibility index (Phi) is 5.40. The highest BCUT2D eigenvalue weighted by molar-refractivity contribution is 7.89. The maximum atomic E-state index is 12.2. The molecule has 1 aliphatic heterocycles. The molecule has 20 heavy (non-hydrogen) atoms. The van der Waals surface area contributed by atoms with Crippen LogP contribution in [-0.2, 0) is 14.8 Å². The van der Waals surface area contributed by atoms with Crippen molar-refractivity contribution in [3.63, 3.8) is 0 Å². The molecule has 0 bridgehead atoms. The summed E-state index contributed by atoms with van der Waals surface area (Å²) in [6.07, 6.45) is 0.796. The minimum absolute atomic E-state index is 0.145. The Morgan fingerprint density at radius 2 is 2.30 bits per heavy atom. The highest BCUT2D eigenvalue weighted by atomic mass is 35.5. The number of aryl methyl sites for hydroxylation is 1. The van der Waals surface area contributed by atoms with Crippen molar-refractivity contribution in [1.82, 2.24) is 10.0 Å². The van der Waals surface area contributed by atoms with Gasteiger partial charge in [-0.2, -0.15) is 0 Å². The lowest BCUT2D eigenvalue weighted by Crippen LogP contribution is -2.38. The van der Waals surface area contributed by atoms with Crippen molar-refractivity contribution in [2.75, 3.05) is 26.2 Å². The predicted octanol–water partition coefficient (Wildman–Crippen LogP) is 1.31. The number of hydrogen-bond acceptors (Lipinski definition) is 4. The summed E-state index contributed by atoms with van der Waals surface area (Å²) in [7, 11) is -3.55. The average molecular weight is 319 g/mol. The molecule has 0 saturated carbocycles. The lowest BCUT2D eigenvalue weighted by Gasteiger charge is -2.16. The molecule has 1 aliphatic rings. The average Bonchev–Trinajstić information content (AvgIpc) is 2.68. The molecule has 0 aliphatic carbocycles. The number of rotatable bonds is 4. The summed E-state index contributed by atoms with van der Waals surface area (Å²) >= 11 is 5.96. The van der Waals surface area contributed by atoms with Crippen molar-refractivity contribution in [3.05, 3.63) is 28.8 Å². The number of ether oxygens (including phenoxy) is 1. The summed E-state index contributed by atoms with van der Waals surface area (Å²) in [5.41, 5.74) is 0.849. The van der Waals surface area contributed by atoms with Crippen LogP contribution in [0.1, 0.15) is 12.0 Å². The lowest BCUT2D eigenvalue weighted by atomic mass is 10.2. The molecule has 0 radical (unpaired) electrons. The molecule has 0 aromatic heterocycles. The molecular weight excluding hydrogens is 300 g/mol. The van der Waals surface area contributed by atoms with E-state index in [9.17, 15) is 8.42 Å². The normalized spacial score (nSPS) is 20.6. The summed E-state index contributed by atoms with van der Waals surface area (Å²) < 4.78 is 32.5. The van der Waals surface area contributed by atoms with Gasteiger partial charge in [-0.25, -0.2) is 13.1 Å². The zero-order valence-corrected chi connectivity index (χ0v) is 12.9. The quantitative estimate of drug-likeness (QED) is 0.878. The molecule has 1 saturated heterocycles. The van der Waals surface area contributed by atoms with Crippen LogP contribution in [0.3, 0.4) is 0 Å². The van der Waals surface area contributed by atoms with Crippen molar-refractivity contribution < 1.29 is 13.2 Å². The number of nitrogens with one attached hydrogen (secondary N) is 2. The molecule has 2 N–H and O–H groups in total. The van der Waals surface area contributed by atoms with Crippen LogP contribution in [0.2, 0.25) is 5.02 Å². The number of sulfonamides is 1. The Bertz CT molecular complexity index is 555. The number of halogens is 1. The summed E-state index contributed by atoms with van der Waals surface area (Å²) in [5, 5.41) is 3.65. The Morgan fingerprint density at radius 1 is 1.50 bits per heavy atom. The molecular formula is C13H19ClN2O3S. The van der Waals surface area contributed by atoms with Gasteiger partial charge in [-0.1, -0.05) is 17.7 Å². The Labute approximate surface area is 124 Å². The molecule has 1 heterocycles. The third-order valence-electron chi connectivity index (χ3n) is 3.18. The van der Waals surface area contributed by atoms with Gasteiger partial charge < -0.3 is 10.1 Å². The highest BCUT2D eigenvalue weighted by Gasteiger charge is 2.19. The third-order valence-corrected chi connectivity index (χ3v) is 5.01. The van der Waals surface area contributed by atoms with E-state index < -0.39 is 10.0 Å². The molecule has 112 valence electrons. The van der Waals surface area contributed by atoms with E-state index in [1.54, 1.807) is 12.1 Å². The van der Waals surface area contributed by atoms with Gasteiger partial charge in [0.05, 0.1) is 11.0 Å². The van der Waals surface area contributed by atoms with Crippen LogP contribution < -0.4 is 10.0 Å². The largest absolute Gasteiger partial charge is 0.375 e. The van der Waals surface area contributed by atoms with E-state index in [1.165, 1.54) is 6.07 Å². The van der Waals surface area contributed by atoms with Crippen LogP contribution in [0.5, 0.6) is 0 Å². The zero-order valence-electron chi connectivity index (χ0n) is 11.4. The van der Waals surface area contributed by atoms with Crippen LogP contribution in [0, 0.1) is 6.92 Å². The molecule has 1 aromatic rings. The minimum Gasteiger partial charge on any atom is -0.375 e. The minimum atomic E-state index is -3.55. The molecule has 2 rings (SSSR count). The van der Waals surface area contributed by atoms with Crippen LogP contribution >= 0.6 is 11.6 Å². The van der Waals surface area contributed by atoms with E-state index in [2.05, 4.69) is 10.0 Å². The van der Waals surface area contributed by atoms with Gasteiger partial charge in [0.25, 0.3) is 0 Å². The summed E-state index contributed by atoms with van der Waals surface area (Å²) in [6.45, 7) is 4.28. The van der Waals surface area contributed by atoms with E-state index in [0.29, 0.717) is 18.2 Å². The Hall–Kier alpha value is -0.660. The van der Waals surface area contributed by atoms with Crippen molar-refractivity contribution in [2.24, 2.45) is 0 Å². The summed E-state index contributed by atoms with van der Waals surface area (Å²) in [6, 6.07) is 4.71. The van der Waals surface area contributed by atoms with Crippen LogP contribution in [0.25, 0.3) is 0 Å². The lowest BCUT2D eigenvalue weighted by molar-refractivity contribution is 0.0707. The fourth-order valence-corrected chi connectivity index (χ4v) is 3.26. The predicted molar refractivity (Wildman–Crippen MR) is 78.6 cm³/mol. The first kappa shape index (κ1) is 15.7. The Morgan fingerprint density at radius 3 is 3.05 bits per heavy atom. The second kappa shape index (κ2) is 6.87. The van der Waals surface area contributed by atoms with Crippen molar-refractivity contribution in [2.45, 2.75) is 24.3 Å². The molecule has 1 fully saturated rings. The maximum Gasteiger partial charge on any atom is 0.240 e. The molecule has 1 aromatic carbocycles. The van der Waals surface area contributed by atoms with E-state index in [4.69, 9.17) is 16.3 Å². The van der Waals surface area contributed by atoms with E-state index in [0.717, 1.165) is 18.5 Å². The SMILES string of the molecule is Cc1ccc(S(=O)(=O)NC[C@H]2CNCCCO2)cc1Cl. The number of hydrogen-bond donors (Lipinski definition) is 2. The molecule has 0 amide bonds. The molecule has 5 nitrogen and oxygen atoms in total. The monoisotopic (exact) mass is 318 g/mol. The fraction of sp³-hybridized carbons (Fsp3) is 0.538. The third kappa shape index (κ3) is 4.17. The van der Waals surface area contributed by atoms with Gasteiger partial charge in [0.1, 0.15) is 0 Å². The summed E-state index contributed by atoms with van der Waals surface area (Å²) in [5.74, 6) is 0. The smallest absolute Gasteiger partial charge is 0.240 e. The Balaban J connectivity index is 2.01. The molecule has 0 spiro atoms. The molecule has 1 atom stereocenters. The standard InChI is InChI=1S/C13H19ClN2O3S/c1-10-3-4-12(7-13(10)14)20(17,18)16-9-11-8-15-5-2-6-19-11/h3-4,7,11,15-16H,2,5-6,8-9H2,1H3/t11-/m1/s1. The topological polar surface area (TPSA) is 67.4 Å². The van der Waals surface area contributed by atoms with Crippen LogP contribution in [0.4, 0.5) is 0 Å². The first-order valence-corrected chi connectivity index (χ1v) is 8.43. The van der Waals surface area contributed by atoms with Gasteiger partial charge in [-0.3, -0.25) is 0 Å². The van der Waals surface area contributed by atoms with E-state index in [-0.39, 0.29) is 17.5 Å². The van der Waals surface area contributed by atoms with Crippen molar-refractivity contribution in [3.8, 4) is 0 Å². The van der Waals surface area contributed by atoms with Gasteiger partial charge >= 0.3 is 0 Å². The van der Waals surface area contributed by atoms with Gasteiger partial charge in [0.2, 0.25) is 10.0 Å². The maximum absolute atomic E-state index is 12.2. The zero-order chi connectivity index (χ0) is 14.6. The second-order valence-electron chi connectivity index (χ2n) is 4.81.